The van der Waals surface area contributed by atoms with Gasteiger partial charge in [-0.05, 0) is 31.0 Å². The first-order valence-electron chi connectivity index (χ1n) is 6.05. The number of carbonyl (C=O) groups excluding carboxylic acids is 1. The Labute approximate surface area is 105 Å². The zero-order valence-electron chi connectivity index (χ0n) is 10.0. The summed E-state index contributed by atoms with van der Waals surface area (Å²) in [6.07, 6.45) is 1.69. The third kappa shape index (κ3) is 2.67. The first kappa shape index (κ1) is 13.0. The van der Waals surface area contributed by atoms with E-state index in [0.717, 1.165) is 31.0 Å². The molecule has 0 aliphatic carbocycles. The Bertz CT molecular complexity index is 451. The number of rotatable bonds is 3. The summed E-state index contributed by atoms with van der Waals surface area (Å²) >= 11 is 0. The van der Waals surface area contributed by atoms with E-state index in [9.17, 15) is 13.6 Å². The molecule has 0 aromatic heterocycles. The van der Waals surface area contributed by atoms with Gasteiger partial charge >= 0.3 is 0 Å². The molecule has 0 unspecified atom stereocenters. The number of likely N-dealkylation sites (tertiary alicyclic amines) is 1. The normalized spacial score (nSPS) is 19.3. The molecular formula is C13H16F2N2O. The van der Waals surface area contributed by atoms with E-state index in [-0.39, 0.29) is 23.9 Å². The maximum atomic E-state index is 13.4. The molecule has 1 heterocycles. The van der Waals surface area contributed by atoms with Crippen molar-refractivity contribution in [2.24, 2.45) is 5.73 Å². The van der Waals surface area contributed by atoms with Crippen molar-refractivity contribution in [3.8, 4) is 0 Å². The Kier molecular flexibility index (Phi) is 3.91. The molecule has 1 aromatic rings. The fraction of sp³-hybridized carbons (Fsp3) is 0.462. The van der Waals surface area contributed by atoms with Gasteiger partial charge in [0.15, 0.2) is 0 Å². The highest BCUT2D eigenvalue weighted by Gasteiger charge is 2.27. The predicted molar refractivity (Wildman–Crippen MR) is 63.9 cm³/mol. The van der Waals surface area contributed by atoms with Gasteiger partial charge in [-0.1, -0.05) is 0 Å². The molecule has 3 nitrogen and oxygen atoms in total. The quantitative estimate of drug-likeness (QED) is 0.887. The maximum absolute atomic E-state index is 13.4. The number of amides is 1. The molecule has 1 saturated heterocycles. The third-order valence-corrected chi connectivity index (χ3v) is 3.32. The molecule has 0 saturated carbocycles. The van der Waals surface area contributed by atoms with Gasteiger partial charge in [0, 0.05) is 24.7 Å². The number of carbonyl (C=O) groups is 1. The lowest BCUT2D eigenvalue weighted by atomic mass is 10.1. The first-order chi connectivity index (χ1) is 8.61. The van der Waals surface area contributed by atoms with Gasteiger partial charge in [0.1, 0.15) is 11.6 Å². The minimum absolute atomic E-state index is 0.0362. The van der Waals surface area contributed by atoms with Crippen LogP contribution in [-0.4, -0.2) is 29.9 Å². The maximum Gasteiger partial charge on any atom is 0.227 e. The number of hydrogen-bond donors (Lipinski definition) is 1. The molecular weight excluding hydrogens is 238 g/mol. The van der Waals surface area contributed by atoms with E-state index in [1.807, 2.05) is 0 Å². The lowest BCUT2D eigenvalue weighted by Gasteiger charge is -2.23. The van der Waals surface area contributed by atoms with Crippen molar-refractivity contribution in [3.63, 3.8) is 0 Å². The van der Waals surface area contributed by atoms with Crippen LogP contribution in [0.4, 0.5) is 8.78 Å². The summed E-state index contributed by atoms with van der Waals surface area (Å²) in [6.45, 7) is 1.06. The lowest BCUT2D eigenvalue weighted by Crippen LogP contribution is -2.40. The van der Waals surface area contributed by atoms with Crippen molar-refractivity contribution in [2.75, 3.05) is 13.1 Å². The molecule has 1 aliphatic heterocycles. The summed E-state index contributed by atoms with van der Waals surface area (Å²) in [6, 6.07) is 3.19. The van der Waals surface area contributed by atoms with Crippen LogP contribution in [0.15, 0.2) is 18.2 Å². The van der Waals surface area contributed by atoms with E-state index in [1.165, 1.54) is 0 Å². The van der Waals surface area contributed by atoms with Gasteiger partial charge in [-0.3, -0.25) is 4.79 Å². The average Bonchev–Trinajstić information content (AvgIpc) is 2.82. The summed E-state index contributed by atoms with van der Waals surface area (Å²) in [4.78, 5) is 13.7. The summed E-state index contributed by atoms with van der Waals surface area (Å²) in [5, 5.41) is 0. The van der Waals surface area contributed by atoms with Crippen LogP contribution in [0.25, 0.3) is 0 Å². The van der Waals surface area contributed by atoms with Crippen LogP contribution >= 0.6 is 0 Å². The molecule has 5 heteroatoms. The molecule has 0 radical (unpaired) electrons. The second kappa shape index (κ2) is 5.44. The molecule has 1 atom stereocenters. The zero-order chi connectivity index (χ0) is 13.1. The number of nitrogens with two attached hydrogens (primary N) is 1. The van der Waals surface area contributed by atoms with Gasteiger partial charge in [-0.2, -0.15) is 0 Å². The Hall–Kier alpha value is -1.49. The van der Waals surface area contributed by atoms with Crippen LogP contribution < -0.4 is 5.73 Å². The molecule has 0 bridgehead atoms. The van der Waals surface area contributed by atoms with Crippen molar-refractivity contribution < 1.29 is 13.6 Å². The summed E-state index contributed by atoms with van der Waals surface area (Å²) in [5.41, 5.74) is 5.68. The largest absolute Gasteiger partial charge is 0.338 e. The molecule has 1 aliphatic rings. The van der Waals surface area contributed by atoms with Crippen LogP contribution in [0.1, 0.15) is 18.4 Å². The van der Waals surface area contributed by atoms with E-state index in [1.54, 1.807) is 4.90 Å². The SMILES string of the molecule is NC[C@H]1CCCN1C(=O)Cc1cc(F)ccc1F. The Morgan fingerprint density at radius 3 is 2.94 bits per heavy atom. The van der Waals surface area contributed by atoms with E-state index < -0.39 is 11.6 Å². The Balaban J connectivity index is 2.09. The fourth-order valence-electron chi connectivity index (χ4n) is 2.35. The number of benzene rings is 1. The van der Waals surface area contributed by atoms with Crippen molar-refractivity contribution in [2.45, 2.75) is 25.3 Å². The molecule has 2 rings (SSSR count). The molecule has 2 N–H and O–H groups in total. The number of hydrogen-bond acceptors (Lipinski definition) is 2. The van der Waals surface area contributed by atoms with Gasteiger partial charge in [0.05, 0.1) is 6.42 Å². The highest BCUT2D eigenvalue weighted by atomic mass is 19.1. The van der Waals surface area contributed by atoms with Crippen molar-refractivity contribution in [3.05, 3.63) is 35.4 Å². The zero-order valence-corrected chi connectivity index (χ0v) is 10.0. The van der Waals surface area contributed by atoms with Crippen molar-refractivity contribution >= 4 is 5.91 Å². The minimum atomic E-state index is -0.548. The molecule has 18 heavy (non-hydrogen) atoms. The Morgan fingerprint density at radius 1 is 1.44 bits per heavy atom. The smallest absolute Gasteiger partial charge is 0.227 e. The fourth-order valence-corrected chi connectivity index (χ4v) is 2.35. The van der Waals surface area contributed by atoms with Gasteiger partial charge in [-0.25, -0.2) is 8.78 Å². The highest BCUT2D eigenvalue weighted by Crippen LogP contribution is 2.19. The van der Waals surface area contributed by atoms with Gasteiger partial charge < -0.3 is 10.6 Å². The van der Waals surface area contributed by atoms with E-state index >= 15 is 0 Å². The number of nitrogens with zero attached hydrogens (tertiary/aromatic N) is 1. The van der Waals surface area contributed by atoms with Gasteiger partial charge in [0.2, 0.25) is 5.91 Å². The van der Waals surface area contributed by atoms with Crippen LogP contribution in [0, 0.1) is 11.6 Å². The van der Waals surface area contributed by atoms with Gasteiger partial charge in [-0.15, -0.1) is 0 Å². The van der Waals surface area contributed by atoms with Crippen LogP contribution in [0.2, 0.25) is 0 Å². The monoisotopic (exact) mass is 254 g/mol. The van der Waals surface area contributed by atoms with Crippen LogP contribution in [-0.2, 0) is 11.2 Å². The topological polar surface area (TPSA) is 46.3 Å². The van der Waals surface area contributed by atoms with Crippen molar-refractivity contribution in [1.29, 1.82) is 0 Å². The second-order valence-corrected chi connectivity index (χ2v) is 4.53. The van der Waals surface area contributed by atoms with Crippen molar-refractivity contribution in [1.82, 2.24) is 4.90 Å². The van der Waals surface area contributed by atoms with Gasteiger partial charge in [0.25, 0.3) is 0 Å². The molecule has 1 fully saturated rings. The molecule has 0 spiro atoms. The van der Waals surface area contributed by atoms with Crippen LogP contribution in [0.5, 0.6) is 0 Å². The lowest BCUT2D eigenvalue weighted by molar-refractivity contribution is -0.131. The predicted octanol–water partition coefficient (Wildman–Crippen LogP) is 1.46. The standard InChI is InChI=1S/C13H16F2N2O/c14-10-3-4-12(15)9(6-10)7-13(18)17-5-1-2-11(17)8-16/h3-4,6,11H,1-2,5,7-8,16H2/t11-/m1/s1. The first-order valence-corrected chi connectivity index (χ1v) is 6.05. The van der Waals surface area contributed by atoms with E-state index in [0.29, 0.717) is 13.1 Å². The third-order valence-electron chi connectivity index (χ3n) is 3.32. The average molecular weight is 254 g/mol. The van der Waals surface area contributed by atoms with E-state index in [4.69, 9.17) is 5.73 Å². The molecule has 98 valence electrons. The van der Waals surface area contributed by atoms with E-state index in [2.05, 4.69) is 0 Å². The summed E-state index contributed by atoms with van der Waals surface area (Å²) in [5.74, 6) is -1.27. The Morgan fingerprint density at radius 2 is 2.22 bits per heavy atom. The molecule has 1 aromatic carbocycles. The highest BCUT2D eigenvalue weighted by molar-refractivity contribution is 5.79. The summed E-state index contributed by atoms with van der Waals surface area (Å²) < 4.78 is 26.4. The number of halogens is 2. The minimum Gasteiger partial charge on any atom is -0.338 e. The van der Waals surface area contributed by atoms with Crippen LogP contribution in [0.3, 0.4) is 0 Å². The second-order valence-electron chi connectivity index (χ2n) is 4.53. The summed E-state index contributed by atoms with van der Waals surface area (Å²) in [7, 11) is 0. The molecule has 1 amide bonds.